The van der Waals surface area contributed by atoms with Crippen LogP contribution in [-0.4, -0.2) is 21.8 Å². The van der Waals surface area contributed by atoms with Gasteiger partial charge in [-0.3, -0.25) is 4.98 Å². The fraction of sp³-hybridized carbons (Fsp3) is 0.176. The lowest BCUT2D eigenvalue weighted by molar-refractivity contribution is 0.414. The molecule has 1 fully saturated rings. The van der Waals surface area contributed by atoms with Gasteiger partial charge in [0.05, 0.1) is 24.9 Å². The summed E-state index contributed by atoms with van der Waals surface area (Å²) in [6.45, 7) is 6.35. The zero-order valence-electron chi connectivity index (χ0n) is 23.5. The number of ether oxygens (including phenoxy) is 2. The standard InChI is InChI=1S/C34H32N4O2S/c1-22-9-5-6-11-31(22)40-28-18-14-26(15-19-28)38-33(32(36-34(38)41)30-10-7-8-20-35-30)29-21-23(2)37(24(29)3)25-12-16-27(39-4)17-13-25/h5-21,32-33H,1-4H3,(H,36,41)/t32-,33+/m0/s1. The quantitative estimate of drug-likeness (QED) is 0.205. The molecule has 0 spiro atoms. The zero-order chi connectivity index (χ0) is 28.5. The molecule has 1 aliphatic rings. The number of aromatic nitrogens is 2. The van der Waals surface area contributed by atoms with Gasteiger partial charge in [0.15, 0.2) is 5.11 Å². The maximum atomic E-state index is 6.17. The van der Waals surface area contributed by atoms with E-state index in [2.05, 4.69) is 65.0 Å². The Morgan fingerprint density at radius 3 is 2.17 bits per heavy atom. The first kappa shape index (κ1) is 26.6. The van der Waals surface area contributed by atoms with Crippen molar-refractivity contribution in [3.05, 3.63) is 131 Å². The van der Waals surface area contributed by atoms with Crippen molar-refractivity contribution in [1.82, 2.24) is 14.9 Å². The third-order valence-electron chi connectivity index (χ3n) is 7.65. The molecule has 2 atom stereocenters. The highest BCUT2D eigenvalue weighted by atomic mass is 32.1. The minimum Gasteiger partial charge on any atom is -0.497 e. The number of nitrogens with one attached hydrogen (secondary N) is 1. The lowest BCUT2D eigenvalue weighted by Gasteiger charge is -2.28. The molecule has 0 amide bonds. The van der Waals surface area contributed by atoms with Crippen molar-refractivity contribution in [2.45, 2.75) is 32.9 Å². The molecule has 3 aromatic carbocycles. The van der Waals surface area contributed by atoms with Crippen LogP contribution in [-0.2, 0) is 0 Å². The van der Waals surface area contributed by atoms with E-state index in [1.165, 1.54) is 5.56 Å². The number of thiocarbonyl (C=S) groups is 1. The summed E-state index contributed by atoms with van der Waals surface area (Å²) < 4.78 is 13.8. The smallest absolute Gasteiger partial charge is 0.174 e. The van der Waals surface area contributed by atoms with Gasteiger partial charge in [0, 0.05) is 29.0 Å². The normalized spacial score (nSPS) is 16.5. The number of methoxy groups -OCH3 is 1. The Labute approximate surface area is 246 Å². The highest BCUT2D eigenvalue weighted by Gasteiger charge is 2.42. The molecule has 7 heteroatoms. The molecule has 1 saturated heterocycles. The predicted molar refractivity (Wildman–Crippen MR) is 167 cm³/mol. The lowest BCUT2D eigenvalue weighted by atomic mass is 9.96. The van der Waals surface area contributed by atoms with E-state index >= 15 is 0 Å². The second-order valence-electron chi connectivity index (χ2n) is 10.2. The Morgan fingerprint density at radius 2 is 1.49 bits per heavy atom. The molecule has 0 bridgehead atoms. The summed E-state index contributed by atoms with van der Waals surface area (Å²) >= 11 is 5.97. The molecule has 0 saturated carbocycles. The average Bonchev–Trinajstić information content (AvgIpc) is 3.49. The minimum atomic E-state index is -0.128. The average molecular weight is 561 g/mol. The minimum absolute atomic E-state index is 0.112. The fourth-order valence-corrected chi connectivity index (χ4v) is 5.98. The third-order valence-corrected chi connectivity index (χ3v) is 7.97. The van der Waals surface area contributed by atoms with E-state index in [0.717, 1.165) is 51.3 Å². The summed E-state index contributed by atoms with van der Waals surface area (Å²) in [6, 6.07) is 32.3. The zero-order valence-corrected chi connectivity index (χ0v) is 24.4. The summed E-state index contributed by atoms with van der Waals surface area (Å²) in [5.41, 5.74) is 7.57. The van der Waals surface area contributed by atoms with Gasteiger partial charge in [0.2, 0.25) is 0 Å². The summed E-state index contributed by atoms with van der Waals surface area (Å²) in [4.78, 5) is 6.92. The van der Waals surface area contributed by atoms with Crippen LogP contribution < -0.4 is 19.7 Å². The van der Waals surface area contributed by atoms with Crippen LogP contribution in [0.1, 0.15) is 40.3 Å². The lowest BCUT2D eigenvalue weighted by Crippen LogP contribution is -2.29. The third kappa shape index (κ3) is 5.05. The van der Waals surface area contributed by atoms with Crippen molar-refractivity contribution in [2.24, 2.45) is 0 Å². The Bertz CT molecular complexity index is 1680. The fourth-order valence-electron chi connectivity index (χ4n) is 5.64. The molecular formula is C34H32N4O2S. The van der Waals surface area contributed by atoms with Gasteiger partial charge in [-0.15, -0.1) is 0 Å². The number of hydrogen-bond donors (Lipinski definition) is 1. The predicted octanol–water partition coefficient (Wildman–Crippen LogP) is 7.78. The van der Waals surface area contributed by atoms with Gasteiger partial charge < -0.3 is 24.3 Å². The Hall–Kier alpha value is -4.62. The first-order valence-electron chi connectivity index (χ1n) is 13.6. The van der Waals surface area contributed by atoms with E-state index in [0.29, 0.717) is 5.11 Å². The van der Waals surface area contributed by atoms with Crippen LogP contribution in [0.3, 0.4) is 0 Å². The van der Waals surface area contributed by atoms with Crippen molar-refractivity contribution in [2.75, 3.05) is 12.0 Å². The molecule has 2 aromatic heterocycles. The molecule has 0 aliphatic carbocycles. The number of hydrogen-bond acceptors (Lipinski definition) is 4. The van der Waals surface area contributed by atoms with Crippen LogP contribution in [0.15, 0.2) is 103 Å². The van der Waals surface area contributed by atoms with E-state index in [4.69, 9.17) is 26.7 Å². The largest absolute Gasteiger partial charge is 0.497 e. The molecular weight excluding hydrogens is 528 g/mol. The topological polar surface area (TPSA) is 51.5 Å². The molecule has 41 heavy (non-hydrogen) atoms. The number of rotatable bonds is 7. The van der Waals surface area contributed by atoms with Gasteiger partial charge in [-0.05, 0) is 117 Å². The molecule has 206 valence electrons. The van der Waals surface area contributed by atoms with Gasteiger partial charge in [-0.2, -0.15) is 0 Å². The first-order chi connectivity index (χ1) is 19.9. The van der Waals surface area contributed by atoms with Crippen molar-refractivity contribution >= 4 is 23.0 Å². The maximum Gasteiger partial charge on any atom is 0.174 e. The second kappa shape index (κ2) is 11.1. The van der Waals surface area contributed by atoms with Gasteiger partial charge >= 0.3 is 0 Å². The first-order valence-corrected chi connectivity index (χ1v) is 14.0. The van der Waals surface area contributed by atoms with E-state index in [1.54, 1.807) is 7.11 Å². The number of nitrogens with zero attached hydrogens (tertiary/aromatic N) is 3. The maximum absolute atomic E-state index is 6.17. The molecule has 1 aliphatic heterocycles. The highest BCUT2D eigenvalue weighted by molar-refractivity contribution is 7.80. The summed E-state index contributed by atoms with van der Waals surface area (Å²) in [6.07, 6.45) is 1.83. The van der Waals surface area contributed by atoms with Crippen molar-refractivity contribution in [3.63, 3.8) is 0 Å². The SMILES string of the molecule is COc1ccc(-n2c(C)cc([C@@H]3[C@H](c4ccccn4)NC(=S)N3c3ccc(Oc4ccccc4C)cc3)c2C)cc1. The van der Waals surface area contributed by atoms with E-state index in [-0.39, 0.29) is 12.1 Å². The van der Waals surface area contributed by atoms with Gasteiger partial charge in [-0.1, -0.05) is 24.3 Å². The van der Waals surface area contributed by atoms with Crippen LogP contribution in [0.2, 0.25) is 0 Å². The number of benzene rings is 3. The molecule has 6 nitrogen and oxygen atoms in total. The van der Waals surface area contributed by atoms with Crippen molar-refractivity contribution < 1.29 is 9.47 Å². The Balaban J connectivity index is 1.40. The number of anilines is 1. The molecule has 3 heterocycles. The van der Waals surface area contributed by atoms with Crippen molar-refractivity contribution in [1.29, 1.82) is 0 Å². The number of pyridine rings is 1. The number of aryl methyl sites for hydroxylation is 2. The molecule has 6 rings (SSSR count). The van der Waals surface area contributed by atoms with Crippen LogP contribution in [0, 0.1) is 20.8 Å². The Morgan fingerprint density at radius 1 is 0.805 bits per heavy atom. The van der Waals surface area contributed by atoms with Crippen LogP contribution in [0.25, 0.3) is 5.69 Å². The van der Waals surface area contributed by atoms with Gasteiger partial charge in [-0.25, -0.2) is 0 Å². The molecule has 0 unspecified atom stereocenters. The van der Waals surface area contributed by atoms with E-state index in [9.17, 15) is 0 Å². The van der Waals surface area contributed by atoms with Crippen LogP contribution >= 0.6 is 12.2 Å². The summed E-state index contributed by atoms with van der Waals surface area (Å²) in [7, 11) is 1.68. The molecule has 0 radical (unpaired) electrons. The van der Waals surface area contributed by atoms with E-state index in [1.807, 2.05) is 73.8 Å². The Kier molecular flexibility index (Phi) is 7.20. The van der Waals surface area contributed by atoms with E-state index < -0.39 is 0 Å². The summed E-state index contributed by atoms with van der Waals surface area (Å²) in [5, 5.41) is 4.24. The van der Waals surface area contributed by atoms with Crippen molar-refractivity contribution in [3.8, 4) is 22.9 Å². The summed E-state index contributed by atoms with van der Waals surface area (Å²) in [5.74, 6) is 2.45. The number of para-hydroxylation sites is 1. The van der Waals surface area contributed by atoms with Crippen LogP contribution in [0.5, 0.6) is 17.2 Å². The van der Waals surface area contributed by atoms with Crippen LogP contribution in [0.4, 0.5) is 5.69 Å². The van der Waals surface area contributed by atoms with Gasteiger partial charge in [0.25, 0.3) is 0 Å². The van der Waals surface area contributed by atoms with Gasteiger partial charge in [0.1, 0.15) is 17.2 Å². The second-order valence-corrected chi connectivity index (χ2v) is 10.6. The monoisotopic (exact) mass is 560 g/mol. The molecule has 1 N–H and O–H groups in total. The highest BCUT2D eigenvalue weighted by Crippen LogP contribution is 2.44. The molecule has 5 aromatic rings.